The molecule has 0 spiro atoms. The third kappa shape index (κ3) is 3.24. The molecule has 30 heavy (non-hydrogen) atoms. The van der Waals surface area contributed by atoms with E-state index >= 15 is 0 Å². The Labute approximate surface area is 184 Å². The van der Waals surface area contributed by atoms with Gasteiger partial charge in [-0.1, -0.05) is 46.5 Å². The van der Waals surface area contributed by atoms with Crippen LogP contribution in [-0.2, 0) is 4.74 Å². The van der Waals surface area contributed by atoms with Crippen molar-refractivity contribution in [2.45, 2.75) is 110 Å². The molecule has 1 heterocycles. The standard InChI is InChI=1S/C27H46O3/c1-17(7-6-8-18(2)25(28)29)20-10-11-21-19-15-24-23-9-4-5-13-27(23,16-30-24)22(19)12-14-26(20,21)3/h17-25,28-29H,4-16H2,1-3H3/t17?,18?,19-,20+,21-,22-,23?,24+,26+,27-/m0/s1. The molecule has 5 rings (SSSR count). The third-order valence-corrected chi connectivity index (χ3v) is 11.4. The lowest BCUT2D eigenvalue weighted by Crippen LogP contribution is -2.55. The van der Waals surface area contributed by atoms with Crippen molar-refractivity contribution in [1.29, 1.82) is 0 Å². The Morgan fingerprint density at radius 2 is 1.77 bits per heavy atom. The molecule has 2 bridgehead atoms. The van der Waals surface area contributed by atoms with Gasteiger partial charge in [-0.3, -0.25) is 0 Å². The molecule has 2 N–H and O–H groups in total. The van der Waals surface area contributed by atoms with Crippen LogP contribution in [0.2, 0.25) is 0 Å². The summed E-state index contributed by atoms with van der Waals surface area (Å²) in [5.41, 5.74) is 1.08. The number of hydrogen-bond donors (Lipinski definition) is 2. The van der Waals surface area contributed by atoms with E-state index in [2.05, 4.69) is 13.8 Å². The summed E-state index contributed by atoms with van der Waals surface area (Å²) in [4.78, 5) is 0. The average Bonchev–Trinajstić information content (AvgIpc) is 3.22. The van der Waals surface area contributed by atoms with Gasteiger partial charge in [0.1, 0.15) is 0 Å². The van der Waals surface area contributed by atoms with Crippen molar-refractivity contribution in [3.63, 3.8) is 0 Å². The summed E-state index contributed by atoms with van der Waals surface area (Å²) >= 11 is 0. The molecule has 0 radical (unpaired) electrons. The molecule has 1 aliphatic heterocycles. The van der Waals surface area contributed by atoms with E-state index in [0.29, 0.717) is 16.9 Å². The Bertz CT molecular complexity index is 615. The first-order valence-corrected chi connectivity index (χ1v) is 13.3. The van der Waals surface area contributed by atoms with Crippen LogP contribution in [0.5, 0.6) is 0 Å². The largest absolute Gasteiger partial charge is 0.377 e. The maximum absolute atomic E-state index is 9.38. The molecule has 3 unspecified atom stereocenters. The number of rotatable bonds is 6. The van der Waals surface area contributed by atoms with Crippen LogP contribution in [0.15, 0.2) is 0 Å². The van der Waals surface area contributed by atoms with E-state index in [1.54, 1.807) is 0 Å². The van der Waals surface area contributed by atoms with Crippen LogP contribution >= 0.6 is 0 Å². The van der Waals surface area contributed by atoms with Crippen LogP contribution in [0.3, 0.4) is 0 Å². The van der Waals surface area contributed by atoms with Crippen LogP contribution in [0.1, 0.15) is 97.8 Å². The summed E-state index contributed by atoms with van der Waals surface area (Å²) in [6, 6.07) is 0. The van der Waals surface area contributed by atoms with Crippen LogP contribution in [0.4, 0.5) is 0 Å². The molecule has 0 aromatic heterocycles. The van der Waals surface area contributed by atoms with E-state index in [4.69, 9.17) is 4.74 Å². The van der Waals surface area contributed by atoms with E-state index in [1.807, 2.05) is 6.92 Å². The first kappa shape index (κ1) is 21.7. The molecule has 0 aromatic rings. The minimum atomic E-state index is -1.16. The fourth-order valence-electron chi connectivity index (χ4n) is 9.89. The van der Waals surface area contributed by atoms with Crippen LogP contribution in [-0.4, -0.2) is 29.2 Å². The molecule has 3 heteroatoms. The van der Waals surface area contributed by atoms with Crippen molar-refractivity contribution >= 4 is 0 Å². The van der Waals surface area contributed by atoms with Crippen LogP contribution in [0, 0.1) is 52.3 Å². The molecule has 4 saturated carbocycles. The fraction of sp³-hybridized carbons (Fsp3) is 1.00. The zero-order valence-corrected chi connectivity index (χ0v) is 19.7. The number of aliphatic hydroxyl groups is 2. The lowest BCUT2D eigenvalue weighted by molar-refractivity contribution is -0.105. The van der Waals surface area contributed by atoms with E-state index in [0.717, 1.165) is 55.0 Å². The van der Waals surface area contributed by atoms with Crippen molar-refractivity contribution in [3.8, 4) is 0 Å². The first-order valence-electron chi connectivity index (χ1n) is 13.3. The van der Waals surface area contributed by atoms with Gasteiger partial charge in [0.05, 0.1) is 12.7 Å². The summed E-state index contributed by atoms with van der Waals surface area (Å²) in [5.74, 6) is 5.30. The minimum Gasteiger partial charge on any atom is -0.377 e. The number of hydrogen-bond acceptors (Lipinski definition) is 3. The highest BCUT2D eigenvalue weighted by Crippen LogP contribution is 2.70. The monoisotopic (exact) mass is 418 g/mol. The summed E-state index contributed by atoms with van der Waals surface area (Å²) in [7, 11) is 0. The molecule has 4 aliphatic carbocycles. The SMILES string of the molecule is CC(CCCC(C)[C@H]1CC[C@H]2[C@@H]3C[C@H]4OC[C@@]5(CCCCC45)[C@H]3CC[C@]12C)C(O)O. The molecule has 10 atom stereocenters. The minimum absolute atomic E-state index is 0.0000358. The molecule has 172 valence electrons. The molecule has 0 amide bonds. The molecular weight excluding hydrogens is 372 g/mol. The smallest absolute Gasteiger partial charge is 0.154 e. The summed E-state index contributed by atoms with van der Waals surface area (Å²) in [6.45, 7) is 8.20. The van der Waals surface area contributed by atoms with Gasteiger partial charge in [-0.15, -0.1) is 0 Å². The molecule has 3 nitrogen and oxygen atoms in total. The molecule has 0 aromatic carbocycles. The zero-order valence-electron chi connectivity index (χ0n) is 19.7. The molecular formula is C27H46O3. The summed E-state index contributed by atoms with van der Waals surface area (Å²) in [5, 5.41) is 18.8. The van der Waals surface area contributed by atoms with Gasteiger partial charge in [0.15, 0.2) is 6.29 Å². The quantitative estimate of drug-likeness (QED) is 0.538. The van der Waals surface area contributed by atoms with Crippen molar-refractivity contribution in [3.05, 3.63) is 0 Å². The van der Waals surface area contributed by atoms with Gasteiger partial charge in [0, 0.05) is 11.3 Å². The van der Waals surface area contributed by atoms with Gasteiger partial charge < -0.3 is 14.9 Å². The highest BCUT2D eigenvalue weighted by Gasteiger charge is 2.65. The maximum Gasteiger partial charge on any atom is 0.154 e. The Hall–Kier alpha value is -0.120. The fourth-order valence-corrected chi connectivity index (χ4v) is 9.89. The van der Waals surface area contributed by atoms with Crippen LogP contribution < -0.4 is 0 Å². The first-order chi connectivity index (χ1) is 14.4. The second-order valence-corrected chi connectivity index (χ2v) is 12.6. The lowest BCUT2D eigenvalue weighted by Gasteiger charge is -2.59. The zero-order chi connectivity index (χ0) is 21.1. The van der Waals surface area contributed by atoms with E-state index < -0.39 is 6.29 Å². The highest BCUT2D eigenvalue weighted by molar-refractivity contribution is 5.14. The van der Waals surface area contributed by atoms with Gasteiger partial charge in [-0.05, 0) is 92.3 Å². The Balaban J connectivity index is 1.27. The van der Waals surface area contributed by atoms with Crippen molar-refractivity contribution in [1.82, 2.24) is 0 Å². The van der Waals surface area contributed by atoms with Gasteiger partial charge in [0.2, 0.25) is 0 Å². The Morgan fingerprint density at radius 3 is 2.57 bits per heavy atom. The van der Waals surface area contributed by atoms with Gasteiger partial charge in [-0.25, -0.2) is 0 Å². The molecule has 5 aliphatic rings. The van der Waals surface area contributed by atoms with Gasteiger partial charge in [0.25, 0.3) is 0 Å². The maximum atomic E-state index is 9.38. The van der Waals surface area contributed by atoms with Crippen molar-refractivity contribution in [2.75, 3.05) is 6.61 Å². The normalized spacial score (nSPS) is 49.4. The molecule has 5 fully saturated rings. The third-order valence-electron chi connectivity index (χ3n) is 11.4. The summed E-state index contributed by atoms with van der Waals surface area (Å²) < 4.78 is 6.52. The number of fused-ring (bicyclic) bond motifs is 3. The van der Waals surface area contributed by atoms with Gasteiger partial charge >= 0.3 is 0 Å². The predicted octanol–water partition coefficient (Wildman–Crippen LogP) is 5.78. The van der Waals surface area contributed by atoms with Crippen molar-refractivity contribution in [2.24, 2.45) is 52.3 Å². The highest BCUT2D eigenvalue weighted by atomic mass is 16.5. The Morgan fingerprint density at radius 1 is 0.933 bits per heavy atom. The predicted molar refractivity (Wildman–Crippen MR) is 120 cm³/mol. The Kier molecular flexibility index (Phi) is 5.81. The second-order valence-electron chi connectivity index (χ2n) is 12.6. The molecule has 1 saturated heterocycles. The van der Waals surface area contributed by atoms with E-state index in [1.165, 1.54) is 64.2 Å². The van der Waals surface area contributed by atoms with E-state index in [9.17, 15) is 10.2 Å². The topological polar surface area (TPSA) is 49.7 Å². The van der Waals surface area contributed by atoms with E-state index in [-0.39, 0.29) is 5.92 Å². The average molecular weight is 419 g/mol. The second kappa shape index (κ2) is 8.03. The lowest BCUT2D eigenvalue weighted by atomic mass is 9.44. The van der Waals surface area contributed by atoms with Crippen molar-refractivity contribution < 1.29 is 14.9 Å². The number of aliphatic hydroxyl groups excluding tert-OH is 1. The van der Waals surface area contributed by atoms with Crippen LogP contribution in [0.25, 0.3) is 0 Å². The van der Waals surface area contributed by atoms with Gasteiger partial charge in [-0.2, -0.15) is 0 Å². The summed E-state index contributed by atoms with van der Waals surface area (Å²) in [6.07, 6.45) is 15.6. The number of ether oxygens (including phenoxy) is 1.